The van der Waals surface area contributed by atoms with Crippen molar-refractivity contribution >= 4 is 12.0 Å². The minimum Gasteiger partial charge on any atom is -0.478 e. The second-order valence-corrected chi connectivity index (χ2v) is 5.71. The van der Waals surface area contributed by atoms with Crippen LogP contribution in [0.25, 0.3) is 6.08 Å². The molecular weight excluding hydrogens is 281 g/mol. The van der Waals surface area contributed by atoms with Crippen LogP contribution >= 0.6 is 0 Å². The summed E-state index contributed by atoms with van der Waals surface area (Å²) in [5, 5.41) is 9.04. The van der Waals surface area contributed by atoms with Gasteiger partial charge in [-0.1, -0.05) is 31.1 Å². The molecule has 5 heteroatoms. The predicted octanol–water partition coefficient (Wildman–Crippen LogP) is 4.70. The Hall–Kier alpha value is -1.78. The number of halogens is 3. The molecule has 0 amide bonds. The number of hydrogen-bond acceptors (Lipinski definition) is 1. The Balaban J connectivity index is 2.21. The number of alkyl halides is 3. The molecule has 0 radical (unpaired) electrons. The van der Waals surface area contributed by atoms with Gasteiger partial charge in [0, 0.05) is 0 Å². The number of carboxylic acids is 1. The van der Waals surface area contributed by atoms with E-state index >= 15 is 0 Å². The first-order valence-corrected chi connectivity index (χ1v) is 7.05. The van der Waals surface area contributed by atoms with Crippen molar-refractivity contribution in [1.82, 2.24) is 0 Å². The van der Waals surface area contributed by atoms with Gasteiger partial charge in [0.05, 0.1) is 11.1 Å². The van der Waals surface area contributed by atoms with E-state index in [0.29, 0.717) is 5.56 Å². The highest BCUT2D eigenvalue weighted by molar-refractivity contribution is 5.91. The maximum Gasteiger partial charge on any atom is 0.417 e. The van der Waals surface area contributed by atoms with Gasteiger partial charge in [0.1, 0.15) is 0 Å². The number of aromatic carboxylic acids is 1. The zero-order chi connectivity index (χ0) is 15.2. The summed E-state index contributed by atoms with van der Waals surface area (Å²) in [6.45, 7) is 0. The first-order chi connectivity index (χ1) is 9.89. The van der Waals surface area contributed by atoms with Gasteiger partial charge in [-0.2, -0.15) is 13.2 Å². The lowest BCUT2D eigenvalue weighted by Crippen LogP contribution is -2.23. The molecule has 3 rings (SSSR count). The number of carboxylic acid groups (broad SMARTS) is 1. The highest BCUT2D eigenvalue weighted by Gasteiger charge is 2.41. The number of benzene rings is 1. The topological polar surface area (TPSA) is 37.3 Å². The minimum atomic E-state index is -4.66. The van der Waals surface area contributed by atoms with Gasteiger partial charge in [-0.25, -0.2) is 4.79 Å². The Morgan fingerprint density at radius 2 is 1.90 bits per heavy atom. The molecule has 2 atom stereocenters. The molecule has 2 aliphatic rings. The second kappa shape index (κ2) is 4.90. The maximum atomic E-state index is 13.3. The standard InChI is InChI=1S/C16H15F3O2/c17-16(18,19)14-12-6-5-9-3-1-2-4-10(9)11(12)7-8-13(14)15(20)21/h5-10H,1-4H2,(H,20,21). The molecule has 2 unspecified atom stereocenters. The molecule has 0 saturated heterocycles. The Bertz CT molecular complexity index is 617. The van der Waals surface area contributed by atoms with Crippen LogP contribution in [0.15, 0.2) is 18.2 Å². The Labute approximate surface area is 120 Å². The molecule has 1 aromatic rings. The van der Waals surface area contributed by atoms with E-state index in [1.165, 1.54) is 6.08 Å². The summed E-state index contributed by atoms with van der Waals surface area (Å²) in [6, 6.07) is 2.68. The van der Waals surface area contributed by atoms with E-state index < -0.39 is 23.3 Å². The first-order valence-electron chi connectivity index (χ1n) is 7.05. The molecule has 1 saturated carbocycles. The second-order valence-electron chi connectivity index (χ2n) is 5.71. The van der Waals surface area contributed by atoms with Gasteiger partial charge in [-0.15, -0.1) is 0 Å². The summed E-state index contributed by atoms with van der Waals surface area (Å²) in [5.41, 5.74) is -0.974. The van der Waals surface area contributed by atoms with Crippen LogP contribution in [0, 0.1) is 5.92 Å². The third-order valence-electron chi connectivity index (χ3n) is 4.52. The van der Waals surface area contributed by atoms with Gasteiger partial charge in [0.25, 0.3) is 0 Å². The highest BCUT2D eigenvalue weighted by atomic mass is 19.4. The maximum absolute atomic E-state index is 13.3. The fourth-order valence-corrected chi connectivity index (χ4v) is 3.62. The summed E-state index contributed by atoms with van der Waals surface area (Å²) in [6.07, 6.45) is 2.60. The molecule has 0 bridgehead atoms. The van der Waals surface area contributed by atoms with Crippen molar-refractivity contribution < 1.29 is 23.1 Å². The van der Waals surface area contributed by atoms with E-state index in [-0.39, 0.29) is 17.4 Å². The van der Waals surface area contributed by atoms with Gasteiger partial charge >= 0.3 is 12.1 Å². The lowest BCUT2D eigenvalue weighted by Gasteiger charge is -2.35. The first kappa shape index (κ1) is 14.2. The van der Waals surface area contributed by atoms with Crippen molar-refractivity contribution in [3.63, 3.8) is 0 Å². The normalized spacial score (nSPS) is 24.3. The fourth-order valence-electron chi connectivity index (χ4n) is 3.62. The summed E-state index contributed by atoms with van der Waals surface area (Å²) in [5.74, 6) is -1.17. The van der Waals surface area contributed by atoms with Crippen LogP contribution in [0.3, 0.4) is 0 Å². The quantitative estimate of drug-likeness (QED) is 0.815. The lowest BCUT2D eigenvalue weighted by molar-refractivity contribution is -0.138. The minimum absolute atomic E-state index is 0.0468. The SMILES string of the molecule is O=C(O)c1ccc2c(c1C(F)(F)F)C=CC1CCCCC21. The van der Waals surface area contributed by atoms with Crippen LogP contribution in [-0.4, -0.2) is 11.1 Å². The van der Waals surface area contributed by atoms with Crippen LogP contribution < -0.4 is 0 Å². The molecule has 0 heterocycles. The molecule has 0 aliphatic heterocycles. The molecule has 0 spiro atoms. The van der Waals surface area contributed by atoms with Crippen molar-refractivity contribution in [2.45, 2.75) is 37.8 Å². The van der Waals surface area contributed by atoms with Crippen molar-refractivity contribution in [3.05, 3.63) is 40.5 Å². The van der Waals surface area contributed by atoms with Crippen molar-refractivity contribution in [2.75, 3.05) is 0 Å². The van der Waals surface area contributed by atoms with Crippen molar-refractivity contribution in [2.24, 2.45) is 5.92 Å². The van der Waals surface area contributed by atoms with E-state index in [0.717, 1.165) is 31.7 Å². The predicted molar refractivity (Wildman–Crippen MR) is 72.1 cm³/mol. The van der Waals surface area contributed by atoms with Crippen LogP contribution in [0.1, 0.15) is 58.6 Å². The zero-order valence-corrected chi connectivity index (χ0v) is 11.3. The van der Waals surface area contributed by atoms with Crippen LogP contribution in [0.4, 0.5) is 13.2 Å². The molecule has 1 fully saturated rings. The Morgan fingerprint density at radius 3 is 2.57 bits per heavy atom. The van der Waals surface area contributed by atoms with E-state index in [1.54, 1.807) is 6.07 Å². The molecule has 0 aromatic heterocycles. The summed E-state index contributed by atoms with van der Waals surface area (Å²) < 4.78 is 40.0. The average Bonchev–Trinajstić information content (AvgIpc) is 2.44. The van der Waals surface area contributed by atoms with Gasteiger partial charge < -0.3 is 5.11 Å². The van der Waals surface area contributed by atoms with Gasteiger partial charge in [-0.3, -0.25) is 0 Å². The summed E-state index contributed by atoms with van der Waals surface area (Å²) in [4.78, 5) is 11.1. The zero-order valence-electron chi connectivity index (χ0n) is 11.3. The van der Waals surface area contributed by atoms with Crippen molar-refractivity contribution in [3.8, 4) is 0 Å². The van der Waals surface area contributed by atoms with Crippen molar-refractivity contribution in [1.29, 1.82) is 0 Å². The van der Waals surface area contributed by atoms with Crippen LogP contribution in [0.2, 0.25) is 0 Å². The molecule has 1 aromatic carbocycles. The largest absolute Gasteiger partial charge is 0.478 e. The van der Waals surface area contributed by atoms with E-state index in [9.17, 15) is 18.0 Å². The van der Waals surface area contributed by atoms with Crippen LogP contribution in [0.5, 0.6) is 0 Å². The summed E-state index contributed by atoms with van der Waals surface area (Å²) in [7, 11) is 0. The molecule has 21 heavy (non-hydrogen) atoms. The third-order valence-corrected chi connectivity index (χ3v) is 4.52. The fraction of sp³-hybridized carbons (Fsp3) is 0.438. The molecule has 2 nitrogen and oxygen atoms in total. The Morgan fingerprint density at radius 1 is 1.19 bits per heavy atom. The smallest absolute Gasteiger partial charge is 0.417 e. The number of allylic oxidation sites excluding steroid dienone is 1. The van der Waals surface area contributed by atoms with Gasteiger partial charge in [0.2, 0.25) is 0 Å². The molecular formula is C16H15F3O2. The molecule has 1 N–H and O–H groups in total. The molecule has 112 valence electrons. The van der Waals surface area contributed by atoms with Gasteiger partial charge in [0.15, 0.2) is 0 Å². The monoisotopic (exact) mass is 296 g/mol. The van der Waals surface area contributed by atoms with Crippen LogP contribution in [-0.2, 0) is 6.18 Å². The highest BCUT2D eigenvalue weighted by Crippen LogP contribution is 2.47. The number of hydrogen-bond donors (Lipinski definition) is 1. The Kier molecular flexibility index (Phi) is 3.30. The van der Waals surface area contributed by atoms with Gasteiger partial charge in [-0.05, 0) is 41.9 Å². The third kappa shape index (κ3) is 2.34. The van der Waals surface area contributed by atoms with E-state index in [1.807, 2.05) is 6.08 Å². The van der Waals surface area contributed by atoms with E-state index in [2.05, 4.69) is 0 Å². The number of rotatable bonds is 1. The number of fused-ring (bicyclic) bond motifs is 3. The number of carbonyl (C=O) groups is 1. The molecule has 2 aliphatic carbocycles. The summed E-state index contributed by atoms with van der Waals surface area (Å²) >= 11 is 0. The lowest BCUT2D eigenvalue weighted by atomic mass is 9.70. The average molecular weight is 296 g/mol. The van der Waals surface area contributed by atoms with E-state index in [4.69, 9.17) is 5.11 Å².